The fourth-order valence-electron chi connectivity index (χ4n) is 2.85. The molecule has 1 radical (unpaired) electrons. The van der Waals surface area contributed by atoms with Crippen molar-refractivity contribution < 1.29 is 9.59 Å². The maximum atomic E-state index is 10.2. The summed E-state index contributed by atoms with van der Waals surface area (Å²) in [4.78, 5) is 27.3. The van der Waals surface area contributed by atoms with Crippen molar-refractivity contribution in [3.05, 3.63) is 6.17 Å². The Morgan fingerprint density at radius 1 is 1.07 bits per heavy atom. The second kappa shape index (κ2) is 3.87. The number of carbonyl (C=O) groups excluding carboxylic acids is 2. The highest BCUT2D eigenvalue weighted by molar-refractivity contribution is 5.40. The minimum Gasteiger partial charge on any atom is -0.211 e. The lowest BCUT2D eigenvalue weighted by Crippen LogP contribution is -2.16. The summed E-state index contributed by atoms with van der Waals surface area (Å²) in [5, 5.41) is 0. The molecule has 2 bridgehead atoms. The summed E-state index contributed by atoms with van der Waals surface area (Å²) in [5.41, 5.74) is 0. The lowest BCUT2D eigenvalue weighted by molar-refractivity contribution is 0.339. The van der Waals surface area contributed by atoms with E-state index in [1.54, 1.807) is 0 Å². The molecule has 4 nitrogen and oxygen atoms in total. The van der Waals surface area contributed by atoms with Crippen LogP contribution in [0.1, 0.15) is 25.7 Å². The van der Waals surface area contributed by atoms with E-state index in [0.717, 1.165) is 12.3 Å². The lowest BCUT2D eigenvalue weighted by Gasteiger charge is -2.21. The Morgan fingerprint density at radius 3 is 2.21 bits per heavy atom. The van der Waals surface area contributed by atoms with E-state index in [1.807, 2.05) is 0 Å². The van der Waals surface area contributed by atoms with Crippen molar-refractivity contribution in [2.24, 2.45) is 27.7 Å². The topological polar surface area (TPSA) is 58.9 Å². The molecule has 0 heterocycles. The Labute approximate surface area is 82.1 Å². The van der Waals surface area contributed by atoms with Crippen LogP contribution in [-0.4, -0.2) is 12.2 Å². The molecule has 73 valence electrons. The highest BCUT2D eigenvalue weighted by Crippen LogP contribution is 2.51. The summed E-state index contributed by atoms with van der Waals surface area (Å²) in [6.07, 6.45) is 7.88. The standard InChI is InChI=1S/C10H11N2O2/c13-5-11-10(12-6-14)9-4-7-1-2-8(9)3-7/h7-9H,1-4H2. The van der Waals surface area contributed by atoms with Crippen molar-refractivity contribution in [3.63, 3.8) is 0 Å². The van der Waals surface area contributed by atoms with Crippen LogP contribution >= 0.6 is 0 Å². The Bertz CT molecular complexity index is 298. The second-order valence-electron chi connectivity index (χ2n) is 4.05. The molecular weight excluding hydrogens is 180 g/mol. The number of nitrogens with zero attached hydrogens (tertiary/aromatic N) is 2. The molecule has 2 fully saturated rings. The molecule has 4 heteroatoms. The van der Waals surface area contributed by atoms with Crippen LogP contribution in [0.4, 0.5) is 0 Å². The number of rotatable bonds is 3. The summed E-state index contributed by atoms with van der Waals surface area (Å²) in [7, 11) is 0. The average Bonchev–Trinajstić information content (AvgIpc) is 2.78. The Kier molecular flexibility index (Phi) is 2.58. The number of fused-ring (bicyclic) bond motifs is 2. The molecule has 0 saturated heterocycles. The summed E-state index contributed by atoms with van der Waals surface area (Å²) < 4.78 is 0. The van der Waals surface area contributed by atoms with Gasteiger partial charge in [-0.15, -0.1) is 0 Å². The SMILES string of the molecule is O=C=N[C](N=C=O)C1CC2CCC1C2. The van der Waals surface area contributed by atoms with E-state index in [0.29, 0.717) is 12.1 Å². The molecule has 3 atom stereocenters. The largest absolute Gasteiger partial charge is 0.237 e. The lowest BCUT2D eigenvalue weighted by atomic mass is 9.87. The van der Waals surface area contributed by atoms with E-state index >= 15 is 0 Å². The van der Waals surface area contributed by atoms with Gasteiger partial charge < -0.3 is 0 Å². The van der Waals surface area contributed by atoms with Gasteiger partial charge in [-0.1, -0.05) is 6.42 Å². The number of aliphatic imine (C=N–C) groups is 2. The first-order chi connectivity index (χ1) is 6.85. The van der Waals surface area contributed by atoms with Gasteiger partial charge in [-0.05, 0) is 31.1 Å². The first-order valence-electron chi connectivity index (χ1n) is 4.87. The maximum absolute atomic E-state index is 10.2. The Balaban J connectivity index is 2.12. The third-order valence-electron chi connectivity index (χ3n) is 3.39. The summed E-state index contributed by atoms with van der Waals surface area (Å²) in [6.45, 7) is 0. The molecule has 0 aromatic heterocycles. The van der Waals surface area contributed by atoms with Gasteiger partial charge in [0.15, 0.2) is 0 Å². The fraction of sp³-hybridized carbons (Fsp3) is 0.700. The first kappa shape index (κ1) is 9.32. The van der Waals surface area contributed by atoms with Gasteiger partial charge in [-0.3, -0.25) is 0 Å². The van der Waals surface area contributed by atoms with Crippen molar-refractivity contribution in [2.45, 2.75) is 25.7 Å². The van der Waals surface area contributed by atoms with Crippen molar-refractivity contribution in [3.8, 4) is 0 Å². The van der Waals surface area contributed by atoms with Gasteiger partial charge in [0.05, 0.1) is 0 Å². The van der Waals surface area contributed by atoms with Gasteiger partial charge in [-0.2, -0.15) is 9.98 Å². The molecule has 2 rings (SSSR count). The van der Waals surface area contributed by atoms with Crippen LogP contribution in [0, 0.1) is 23.9 Å². The zero-order valence-corrected chi connectivity index (χ0v) is 7.77. The number of hydrogen-bond acceptors (Lipinski definition) is 4. The summed E-state index contributed by atoms with van der Waals surface area (Å²) in [6, 6.07) is 0. The van der Waals surface area contributed by atoms with Crippen LogP contribution in [0.3, 0.4) is 0 Å². The molecule has 0 aliphatic heterocycles. The van der Waals surface area contributed by atoms with E-state index in [4.69, 9.17) is 0 Å². The van der Waals surface area contributed by atoms with E-state index in [9.17, 15) is 9.59 Å². The number of isocyanates is 2. The molecular formula is C10H11N2O2. The third kappa shape index (κ3) is 1.54. The minimum atomic E-state index is 0.191. The highest BCUT2D eigenvalue weighted by Gasteiger charge is 2.44. The van der Waals surface area contributed by atoms with Gasteiger partial charge in [0.25, 0.3) is 0 Å². The van der Waals surface area contributed by atoms with E-state index in [2.05, 4.69) is 9.98 Å². The normalized spacial score (nSPS) is 33.9. The Morgan fingerprint density at radius 2 is 1.79 bits per heavy atom. The molecule has 0 amide bonds. The van der Waals surface area contributed by atoms with Crippen LogP contribution in [0.2, 0.25) is 0 Å². The predicted octanol–water partition coefficient (Wildman–Crippen LogP) is 1.58. The van der Waals surface area contributed by atoms with Crippen molar-refractivity contribution in [1.82, 2.24) is 0 Å². The molecule has 0 aromatic rings. The van der Waals surface area contributed by atoms with Crippen molar-refractivity contribution >= 4 is 12.2 Å². The maximum Gasteiger partial charge on any atom is 0.237 e. The monoisotopic (exact) mass is 191 g/mol. The van der Waals surface area contributed by atoms with Crippen LogP contribution < -0.4 is 0 Å². The summed E-state index contributed by atoms with van der Waals surface area (Å²) in [5.74, 6) is 1.49. The van der Waals surface area contributed by atoms with Crippen molar-refractivity contribution in [1.29, 1.82) is 0 Å². The molecule has 0 N–H and O–H groups in total. The molecule has 0 spiro atoms. The zero-order valence-electron chi connectivity index (χ0n) is 7.77. The van der Waals surface area contributed by atoms with Crippen LogP contribution in [-0.2, 0) is 9.59 Å². The first-order valence-corrected chi connectivity index (χ1v) is 4.87. The summed E-state index contributed by atoms with van der Waals surface area (Å²) >= 11 is 0. The Hall–Kier alpha value is -1.24. The minimum absolute atomic E-state index is 0.191. The molecule has 3 unspecified atom stereocenters. The number of hydrogen-bond donors (Lipinski definition) is 0. The smallest absolute Gasteiger partial charge is 0.211 e. The molecule has 2 saturated carbocycles. The van der Waals surface area contributed by atoms with Gasteiger partial charge in [-0.25, -0.2) is 9.59 Å². The molecule has 14 heavy (non-hydrogen) atoms. The van der Waals surface area contributed by atoms with Gasteiger partial charge in [0.2, 0.25) is 18.3 Å². The fourth-order valence-corrected chi connectivity index (χ4v) is 2.85. The third-order valence-corrected chi connectivity index (χ3v) is 3.39. The molecule has 0 aromatic carbocycles. The van der Waals surface area contributed by atoms with Gasteiger partial charge in [0.1, 0.15) is 0 Å². The highest BCUT2D eigenvalue weighted by atomic mass is 16.1. The van der Waals surface area contributed by atoms with Gasteiger partial charge in [0, 0.05) is 5.92 Å². The molecule has 2 aliphatic rings. The zero-order chi connectivity index (χ0) is 9.97. The molecule has 2 aliphatic carbocycles. The van der Waals surface area contributed by atoms with E-state index < -0.39 is 0 Å². The van der Waals surface area contributed by atoms with Crippen LogP contribution in [0.25, 0.3) is 0 Å². The van der Waals surface area contributed by atoms with E-state index in [-0.39, 0.29) is 5.92 Å². The van der Waals surface area contributed by atoms with E-state index in [1.165, 1.54) is 31.4 Å². The van der Waals surface area contributed by atoms with Gasteiger partial charge >= 0.3 is 0 Å². The average molecular weight is 191 g/mol. The second-order valence-corrected chi connectivity index (χ2v) is 4.05. The van der Waals surface area contributed by atoms with Crippen molar-refractivity contribution in [2.75, 3.05) is 0 Å². The van der Waals surface area contributed by atoms with Crippen LogP contribution in [0.15, 0.2) is 9.98 Å². The quantitative estimate of drug-likeness (QED) is 0.502. The van der Waals surface area contributed by atoms with Crippen LogP contribution in [0.5, 0.6) is 0 Å². The predicted molar refractivity (Wildman–Crippen MR) is 48.4 cm³/mol.